The quantitative estimate of drug-likeness (QED) is 0.366. The Hall–Kier alpha value is -2.36. The van der Waals surface area contributed by atoms with Gasteiger partial charge in [-0.15, -0.1) is 0 Å². The minimum atomic E-state index is 0.700. The lowest BCUT2D eigenvalue weighted by atomic mass is 10.0. The molecule has 0 heterocycles. The van der Waals surface area contributed by atoms with E-state index in [0.717, 1.165) is 66.2 Å². The molecule has 0 fully saturated rings. The lowest BCUT2D eigenvalue weighted by Crippen LogP contribution is -2.02. The molecule has 0 unspecified atom stereocenters. The van der Waals surface area contributed by atoms with E-state index < -0.39 is 0 Å². The van der Waals surface area contributed by atoms with Crippen LogP contribution in [0.4, 0.5) is 0 Å². The zero-order valence-electron chi connectivity index (χ0n) is 18.5. The Kier molecular flexibility index (Phi) is 10.3. The molecule has 0 amide bonds. The molecular weight excluding hydrogens is 364 g/mol. The molecule has 0 saturated carbocycles. The van der Waals surface area contributed by atoms with E-state index in [0.29, 0.717) is 26.4 Å². The largest absolute Gasteiger partial charge is 0.493 e. The molecule has 0 aliphatic carbocycles. The lowest BCUT2D eigenvalue weighted by Gasteiger charge is -2.14. The topological polar surface area (TPSA) is 36.9 Å². The van der Waals surface area contributed by atoms with Gasteiger partial charge in [-0.05, 0) is 67.5 Å². The third kappa shape index (κ3) is 8.26. The zero-order valence-corrected chi connectivity index (χ0v) is 18.5. The maximum atomic E-state index is 5.88. The van der Waals surface area contributed by atoms with Gasteiger partial charge in [0.05, 0.1) is 26.4 Å². The summed E-state index contributed by atoms with van der Waals surface area (Å²) in [6, 6.07) is 12.3. The molecule has 0 bridgehead atoms. The van der Waals surface area contributed by atoms with Gasteiger partial charge < -0.3 is 18.9 Å². The summed E-state index contributed by atoms with van der Waals surface area (Å²) in [5.41, 5.74) is 2.30. The summed E-state index contributed by atoms with van der Waals surface area (Å²) in [5.74, 6) is 3.43. The van der Waals surface area contributed by atoms with Crippen LogP contribution in [0.1, 0.15) is 64.5 Å². The summed E-state index contributed by atoms with van der Waals surface area (Å²) in [4.78, 5) is 0. The lowest BCUT2D eigenvalue weighted by molar-refractivity contribution is 0.301. The van der Waals surface area contributed by atoms with E-state index in [4.69, 9.17) is 18.9 Å². The first-order valence-corrected chi connectivity index (χ1v) is 11.0. The second-order valence-electron chi connectivity index (χ2n) is 7.20. The van der Waals surface area contributed by atoms with Gasteiger partial charge in [-0.2, -0.15) is 0 Å². The van der Waals surface area contributed by atoms with Crippen molar-refractivity contribution in [2.75, 3.05) is 26.4 Å². The second kappa shape index (κ2) is 13.0. The molecule has 0 N–H and O–H groups in total. The van der Waals surface area contributed by atoms with Gasteiger partial charge in [-0.1, -0.05) is 27.7 Å². The van der Waals surface area contributed by atoms with E-state index >= 15 is 0 Å². The van der Waals surface area contributed by atoms with Crippen LogP contribution >= 0.6 is 0 Å². The second-order valence-corrected chi connectivity index (χ2v) is 7.20. The van der Waals surface area contributed by atoms with Crippen LogP contribution in [0.2, 0.25) is 0 Å². The van der Waals surface area contributed by atoms with Gasteiger partial charge in [-0.3, -0.25) is 0 Å². The van der Waals surface area contributed by atoms with Crippen molar-refractivity contribution in [2.24, 2.45) is 0 Å². The molecule has 0 atom stereocenters. The molecule has 2 aromatic rings. The van der Waals surface area contributed by atoms with Crippen molar-refractivity contribution in [1.29, 1.82) is 0 Å². The highest BCUT2D eigenvalue weighted by molar-refractivity contribution is 5.44. The van der Waals surface area contributed by atoms with Crippen molar-refractivity contribution in [1.82, 2.24) is 0 Å². The molecule has 4 nitrogen and oxygen atoms in total. The van der Waals surface area contributed by atoms with E-state index in [2.05, 4.69) is 52.0 Å². The number of rotatable bonds is 14. The summed E-state index contributed by atoms with van der Waals surface area (Å²) in [6.07, 6.45) is 4.67. The number of hydrogen-bond donors (Lipinski definition) is 0. The van der Waals surface area contributed by atoms with Gasteiger partial charge in [0, 0.05) is 12.1 Å². The van der Waals surface area contributed by atoms with Gasteiger partial charge in [-0.25, -0.2) is 0 Å². The first-order chi connectivity index (χ1) is 14.2. The van der Waals surface area contributed by atoms with Crippen LogP contribution in [0, 0.1) is 0 Å². The minimum absolute atomic E-state index is 0.700. The first kappa shape index (κ1) is 22.9. The molecule has 0 aromatic heterocycles. The van der Waals surface area contributed by atoms with Crippen LogP contribution in [0.15, 0.2) is 36.4 Å². The average Bonchev–Trinajstić information content (AvgIpc) is 2.73. The highest BCUT2D eigenvalue weighted by Crippen LogP contribution is 2.29. The summed E-state index contributed by atoms with van der Waals surface area (Å²) < 4.78 is 23.5. The van der Waals surface area contributed by atoms with E-state index in [1.54, 1.807) is 0 Å². The van der Waals surface area contributed by atoms with Gasteiger partial charge in [0.1, 0.15) is 23.0 Å². The van der Waals surface area contributed by atoms with E-state index in [9.17, 15) is 0 Å². The Bertz CT molecular complexity index is 613. The SMILES string of the molecule is CCCOc1cc(Cc2cc(OCCC)cc(OCCC)c2)cc(OCCC)c1. The maximum Gasteiger partial charge on any atom is 0.123 e. The van der Waals surface area contributed by atoms with Gasteiger partial charge in [0.25, 0.3) is 0 Å². The molecule has 160 valence electrons. The summed E-state index contributed by atoms with van der Waals surface area (Å²) in [6.45, 7) is 11.2. The molecular formula is C25H36O4. The molecule has 0 spiro atoms. The van der Waals surface area contributed by atoms with Crippen LogP contribution in [0.25, 0.3) is 0 Å². The molecule has 0 aliphatic heterocycles. The summed E-state index contributed by atoms with van der Waals surface area (Å²) in [7, 11) is 0. The van der Waals surface area contributed by atoms with Crippen LogP contribution in [0.5, 0.6) is 23.0 Å². The number of benzene rings is 2. The van der Waals surface area contributed by atoms with E-state index in [1.807, 2.05) is 12.1 Å². The number of hydrogen-bond acceptors (Lipinski definition) is 4. The Labute approximate surface area is 176 Å². The van der Waals surface area contributed by atoms with Crippen LogP contribution in [-0.4, -0.2) is 26.4 Å². The molecule has 4 heteroatoms. The van der Waals surface area contributed by atoms with Crippen molar-refractivity contribution in [2.45, 2.75) is 59.8 Å². The maximum absolute atomic E-state index is 5.88. The highest BCUT2D eigenvalue weighted by atomic mass is 16.5. The molecule has 0 saturated heterocycles. The van der Waals surface area contributed by atoms with Crippen LogP contribution in [0.3, 0.4) is 0 Å². The molecule has 0 radical (unpaired) electrons. The fourth-order valence-corrected chi connectivity index (χ4v) is 2.91. The van der Waals surface area contributed by atoms with Crippen molar-refractivity contribution < 1.29 is 18.9 Å². The monoisotopic (exact) mass is 400 g/mol. The highest BCUT2D eigenvalue weighted by Gasteiger charge is 2.08. The van der Waals surface area contributed by atoms with Crippen LogP contribution < -0.4 is 18.9 Å². The Morgan fingerprint density at radius 3 is 0.966 bits per heavy atom. The van der Waals surface area contributed by atoms with Gasteiger partial charge >= 0.3 is 0 Å². The van der Waals surface area contributed by atoms with E-state index in [1.165, 1.54) is 0 Å². The third-order valence-electron chi connectivity index (χ3n) is 4.18. The van der Waals surface area contributed by atoms with Crippen molar-refractivity contribution in [3.8, 4) is 23.0 Å². The Balaban J connectivity index is 2.26. The zero-order chi connectivity index (χ0) is 20.9. The molecule has 29 heavy (non-hydrogen) atoms. The fraction of sp³-hybridized carbons (Fsp3) is 0.520. The minimum Gasteiger partial charge on any atom is -0.493 e. The summed E-state index contributed by atoms with van der Waals surface area (Å²) >= 11 is 0. The predicted molar refractivity (Wildman–Crippen MR) is 119 cm³/mol. The number of ether oxygens (including phenoxy) is 4. The molecule has 2 aromatic carbocycles. The van der Waals surface area contributed by atoms with Crippen molar-refractivity contribution >= 4 is 0 Å². The van der Waals surface area contributed by atoms with Gasteiger partial charge in [0.15, 0.2) is 0 Å². The molecule has 2 rings (SSSR count). The Morgan fingerprint density at radius 1 is 0.448 bits per heavy atom. The fourth-order valence-electron chi connectivity index (χ4n) is 2.91. The van der Waals surface area contributed by atoms with Crippen molar-refractivity contribution in [3.05, 3.63) is 47.5 Å². The normalized spacial score (nSPS) is 10.6. The first-order valence-electron chi connectivity index (χ1n) is 11.0. The van der Waals surface area contributed by atoms with Crippen LogP contribution in [-0.2, 0) is 6.42 Å². The Morgan fingerprint density at radius 2 is 0.724 bits per heavy atom. The third-order valence-corrected chi connectivity index (χ3v) is 4.18. The standard InChI is InChI=1S/C25H36O4/c1-5-9-26-22-14-20(15-23(18-22)27-10-6-2)13-21-16-24(28-11-7-3)19-25(17-21)29-12-8-4/h14-19H,5-13H2,1-4H3. The summed E-state index contributed by atoms with van der Waals surface area (Å²) in [5, 5.41) is 0. The van der Waals surface area contributed by atoms with Gasteiger partial charge in [0.2, 0.25) is 0 Å². The molecule has 0 aliphatic rings. The predicted octanol–water partition coefficient (Wildman–Crippen LogP) is 6.43. The van der Waals surface area contributed by atoms with Crippen molar-refractivity contribution in [3.63, 3.8) is 0 Å². The average molecular weight is 401 g/mol. The smallest absolute Gasteiger partial charge is 0.123 e. The van der Waals surface area contributed by atoms with E-state index in [-0.39, 0.29) is 0 Å².